The van der Waals surface area contributed by atoms with E-state index >= 15 is 0 Å². The highest BCUT2D eigenvalue weighted by Crippen LogP contribution is 2.35. The van der Waals surface area contributed by atoms with Crippen LogP contribution in [0.25, 0.3) is 10.9 Å². The number of hydrogen-bond acceptors (Lipinski definition) is 7. The minimum atomic E-state index is -0.244. The van der Waals surface area contributed by atoms with E-state index < -0.39 is 0 Å². The van der Waals surface area contributed by atoms with E-state index in [1.807, 2.05) is 41.9 Å². The topological polar surface area (TPSA) is 98.2 Å². The second-order valence-corrected chi connectivity index (χ2v) is 10.7. The second-order valence-electron chi connectivity index (χ2n) is 10.7. The first-order valence-electron chi connectivity index (χ1n) is 13.2. The molecule has 3 heterocycles. The zero-order valence-electron chi connectivity index (χ0n) is 23.0. The number of pyridine rings is 1. The number of H-pyrrole nitrogens is 1. The summed E-state index contributed by atoms with van der Waals surface area (Å²) in [6.07, 6.45) is 1.65. The molecule has 38 heavy (non-hydrogen) atoms. The summed E-state index contributed by atoms with van der Waals surface area (Å²) in [6.45, 7) is 13.9. The first-order chi connectivity index (χ1) is 18.2. The molecule has 0 radical (unpaired) electrons. The highest BCUT2D eigenvalue weighted by Gasteiger charge is 2.31. The third-order valence-corrected chi connectivity index (χ3v) is 7.77. The average Bonchev–Trinajstić information content (AvgIpc) is 3.58. The highest BCUT2D eigenvalue weighted by atomic mass is 16.7. The lowest BCUT2D eigenvalue weighted by Crippen LogP contribution is -2.36. The monoisotopic (exact) mass is 516 g/mol. The maximum atomic E-state index is 13.3. The fourth-order valence-electron chi connectivity index (χ4n) is 5.09. The van der Waals surface area contributed by atoms with Gasteiger partial charge in [0.05, 0.1) is 17.1 Å². The Labute approximate surface area is 222 Å². The van der Waals surface area contributed by atoms with Gasteiger partial charge in [0, 0.05) is 24.0 Å². The smallest absolute Gasteiger partial charge is 0.252 e. The number of benzene rings is 2. The summed E-state index contributed by atoms with van der Waals surface area (Å²) in [4.78, 5) is 18.8. The molecule has 2 aromatic carbocycles. The van der Waals surface area contributed by atoms with Gasteiger partial charge < -0.3 is 14.5 Å². The molecule has 5 rings (SSSR count). The van der Waals surface area contributed by atoms with E-state index in [-0.39, 0.29) is 23.9 Å². The van der Waals surface area contributed by atoms with Gasteiger partial charge in [-0.15, -0.1) is 5.10 Å². The summed E-state index contributed by atoms with van der Waals surface area (Å²) in [5.74, 6) is 2.28. The lowest BCUT2D eigenvalue weighted by atomic mass is 10.0. The van der Waals surface area contributed by atoms with Crippen LogP contribution in [0.4, 0.5) is 0 Å². The maximum absolute atomic E-state index is 13.3. The van der Waals surface area contributed by atoms with Gasteiger partial charge in [0.15, 0.2) is 17.3 Å². The zero-order chi connectivity index (χ0) is 27.0. The van der Waals surface area contributed by atoms with Crippen molar-refractivity contribution >= 4 is 10.9 Å². The Morgan fingerprint density at radius 1 is 1.05 bits per heavy atom. The second kappa shape index (κ2) is 10.2. The van der Waals surface area contributed by atoms with E-state index in [2.05, 4.69) is 66.1 Å². The van der Waals surface area contributed by atoms with Gasteiger partial charge in [-0.1, -0.05) is 32.0 Å². The number of rotatable bonds is 9. The van der Waals surface area contributed by atoms with Gasteiger partial charge in [-0.25, -0.2) is 4.68 Å². The number of aromatic nitrogens is 5. The van der Waals surface area contributed by atoms with E-state index in [0.29, 0.717) is 18.7 Å². The molecule has 1 N–H and O–H groups in total. The Morgan fingerprint density at radius 2 is 1.82 bits per heavy atom. The average molecular weight is 517 g/mol. The van der Waals surface area contributed by atoms with Gasteiger partial charge in [0.25, 0.3) is 5.56 Å². The minimum Gasteiger partial charge on any atom is -0.454 e. The zero-order valence-corrected chi connectivity index (χ0v) is 23.0. The number of aryl methyl sites for hydroxylation is 2. The van der Waals surface area contributed by atoms with Crippen LogP contribution in [0.3, 0.4) is 0 Å². The van der Waals surface area contributed by atoms with Crippen LogP contribution in [0.1, 0.15) is 74.7 Å². The predicted molar refractivity (Wildman–Crippen MR) is 146 cm³/mol. The van der Waals surface area contributed by atoms with Crippen LogP contribution in [0.2, 0.25) is 0 Å². The molecule has 9 heteroatoms. The Morgan fingerprint density at radius 3 is 2.58 bits per heavy atom. The first kappa shape index (κ1) is 25.9. The van der Waals surface area contributed by atoms with Crippen LogP contribution in [-0.4, -0.2) is 36.9 Å². The normalized spacial score (nSPS) is 14.0. The molecular weight excluding hydrogens is 480 g/mol. The number of nitrogens with zero attached hydrogens (tertiary/aromatic N) is 5. The van der Waals surface area contributed by atoms with Crippen molar-refractivity contribution in [1.82, 2.24) is 30.1 Å². The van der Waals surface area contributed by atoms with Crippen molar-refractivity contribution in [2.45, 2.75) is 79.1 Å². The van der Waals surface area contributed by atoms with Gasteiger partial charge in [0.1, 0.15) is 0 Å². The summed E-state index contributed by atoms with van der Waals surface area (Å²) < 4.78 is 13.1. The van der Waals surface area contributed by atoms with Gasteiger partial charge >= 0.3 is 0 Å². The van der Waals surface area contributed by atoms with Crippen molar-refractivity contribution < 1.29 is 9.47 Å². The molecule has 1 aliphatic heterocycles. The van der Waals surface area contributed by atoms with Gasteiger partial charge in [-0.05, 0) is 85.9 Å². The molecule has 2 aromatic heterocycles. The number of aromatic amines is 1. The first-order valence-corrected chi connectivity index (χ1v) is 13.2. The third-order valence-electron chi connectivity index (χ3n) is 7.77. The molecule has 0 spiro atoms. The highest BCUT2D eigenvalue weighted by molar-refractivity contribution is 5.85. The van der Waals surface area contributed by atoms with Crippen LogP contribution >= 0.6 is 0 Å². The molecule has 0 saturated carbocycles. The van der Waals surface area contributed by atoms with Crippen molar-refractivity contribution in [1.29, 1.82) is 0 Å². The molecule has 0 saturated heterocycles. The molecule has 1 atom stereocenters. The van der Waals surface area contributed by atoms with E-state index in [1.165, 1.54) is 0 Å². The number of nitrogens with one attached hydrogen (secondary N) is 1. The van der Waals surface area contributed by atoms with Gasteiger partial charge in [0.2, 0.25) is 6.79 Å². The Hall–Kier alpha value is -3.72. The standard InChI is InChI=1S/C29H36N6O3/c1-7-23(27-31-32-33-35(27)29(5,6)8-2)34(15-20-11-12-24-25(13-20)38-17-37-24)16-21-14-22-18(3)9-10-19(4)26(22)30-28(21)36/h9-14,23H,7-8,15-17H2,1-6H3,(H,30,36)/t23-/m0/s1. The minimum absolute atomic E-state index is 0.0785. The van der Waals surface area contributed by atoms with E-state index in [9.17, 15) is 4.79 Å². The number of ether oxygens (including phenoxy) is 2. The molecule has 0 fully saturated rings. The summed E-state index contributed by atoms with van der Waals surface area (Å²) in [5.41, 5.74) is 4.52. The Bertz CT molecular complexity index is 1520. The molecular formula is C29H36N6O3. The Balaban J connectivity index is 1.58. The van der Waals surface area contributed by atoms with E-state index in [0.717, 1.165) is 57.8 Å². The number of tetrazole rings is 1. The van der Waals surface area contributed by atoms with Crippen molar-refractivity contribution in [3.8, 4) is 11.5 Å². The van der Waals surface area contributed by atoms with Crippen molar-refractivity contribution in [3.63, 3.8) is 0 Å². The molecule has 1 aliphatic rings. The van der Waals surface area contributed by atoms with Crippen LogP contribution in [0, 0.1) is 13.8 Å². The summed E-state index contributed by atoms with van der Waals surface area (Å²) in [6, 6.07) is 12.1. The third kappa shape index (κ3) is 4.78. The SMILES string of the molecule is CC[C@@H](c1nnnn1C(C)(C)CC)N(Cc1ccc2c(c1)OCO2)Cc1cc2c(C)ccc(C)c2[nH]c1=O. The van der Waals surface area contributed by atoms with E-state index in [1.54, 1.807) is 0 Å². The quantitative estimate of drug-likeness (QED) is 0.328. The lowest BCUT2D eigenvalue weighted by Gasteiger charge is -2.33. The lowest BCUT2D eigenvalue weighted by molar-refractivity contribution is 0.150. The fourth-order valence-corrected chi connectivity index (χ4v) is 5.09. The van der Waals surface area contributed by atoms with Crippen LogP contribution < -0.4 is 15.0 Å². The maximum Gasteiger partial charge on any atom is 0.252 e. The summed E-state index contributed by atoms with van der Waals surface area (Å²) >= 11 is 0. The molecule has 0 aliphatic carbocycles. The van der Waals surface area contributed by atoms with Crippen molar-refractivity contribution in [2.75, 3.05) is 6.79 Å². The van der Waals surface area contributed by atoms with Crippen molar-refractivity contribution in [3.05, 3.63) is 74.8 Å². The van der Waals surface area contributed by atoms with Crippen LogP contribution in [-0.2, 0) is 18.6 Å². The summed E-state index contributed by atoms with van der Waals surface area (Å²) in [7, 11) is 0. The number of fused-ring (bicyclic) bond motifs is 2. The largest absolute Gasteiger partial charge is 0.454 e. The number of hydrogen-bond donors (Lipinski definition) is 1. The van der Waals surface area contributed by atoms with Crippen LogP contribution in [0.5, 0.6) is 11.5 Å². The Kier molecular flexibility index (Phi) is 6.96. The molecule has 0 bridgehead atoms. The molecule has 4 aromatic rings. The molecule has 200 valence electrons. The van der Waals surface area contributed by atoms with Gasteiger partial charge in [-0.3, -0.25) is 9.69 Å². The van der Waals surface area contributed by atoms with Gasteiger partial charge in [-0.2, -0.15) is 0 Å². The van der Waals surface area contributed by atoms with Crippen LogP contribution in [0.15, 0.2) is 41.2 Å². The van der Waals surface area contributed by atoms with Crippen molar-refractivity contribution in [2.24, 2.45) is 0 Å². The molecule has 0 unspecified atom stereocenters. The molecule has 0 amide bonds. The predicted octanol–water partition coefficient (Wildman–Crippen LogP) is 5.16. The molecule has 9 nitrogen and oxygen atoms in total. The summed E-state index contributed by atoms with van der Waals surface area (Å²) in [5, 5.41) is 14.0. The van der Waals surface area contributed by atoms with E-state index in [4.69, 9.17) is 9.47 Å². The fraction of sp³-hybridized carbons (Fsp3) is 0.448.